The van der Waals surface area contributed by atoms with Gasteiger partial charge in [-0.3, -0.25) is 0 Å². The molecule has 3 rings (SSSR count). The third kappa shape index (κ3) is 3.82. The zero-order valence-electron chi connectivity index (χ0n) is 13.5. The molecule has 1 heterocycles. The second kappa shape index (κ2) is 7.83. The van der Waals surface area contributed by atoms with E-state index in [2.05, 4.69) is 0 Å². The summed E-state index contributed by atoms with van der Waals surface area (Å²) in [5, 5.41) is 9.17. The molecule has 1 aliphatic rings. The van der Waals surface area contributed by atoms with Gasteiger partial charge in [0, 0.05) is 7.11 Å². The van der Waals surface area contributed by atoms with Crippen molar-refractivity contribution in [3.05, 3.63) is 53.3 Å². The second-order valence-electron chi connectivity index (χ2n) is 5.22. The molecule has 1 aliphatic heterocycles. The summed E-state index contributed by atoms with van der Waals surface area (Å²) in [6.45, 7) is 0.389. The van der Waals surface area contributed by atoms with Gasteiger partial charge in [-0.2, -0.15) is 5.26 Å². The number of methoxy groups -OCH3 is 1. The highest BCUT2D eigenvalue weighted by Gasteiger charge is 2.21. The van der Waals surface area contributed by atoms with Crippen LogP contribution in [0.15, 0.2) is 36.4 Å². The molecule has 0 bridgehead atoms. The van der Waals surface area contributed by atoms with Gasteiger partial charge in [0.15, 0.2) is 11.5 Å². The highest BCUT2D eigenvalue weighted by Crippen LogP contribution is 2.36. The third-order valence-electron chi connectivity index (χ3n) is 3.60. The fourth-order valence-corrected chi connectivity index (χ4v) is 2.41. The Morgan fingerprint density at radius 3 is 2.88 bits per heavy atom. The van der Waals surface area contributed by atoms with Gasteiger partial charge in [-0.15, -0.1) is 0 Å². The summed E-state index contributed by atoms with van der Waals surface area (Å²) in [5.41, 5.74) is 0.591. The molecule has 0 aliphatic carbocycles. The summed E-state index contributed by atoms with van der Waals surface area (Å²) in [7, 11) is 1.51. The maximum absolute atomic E-state index is 13.8. The van der Waals surface area contributed by atoms with Crippen molar-refractivity contribution in [3.8, 4) is 23.3 Å². The van der Waals surface area contributed by atoms with Crippen LogP contribution in [-0.4, -0.2) is 27.3 Å². The van der Waals surface area contributed by atoms with Crippen LogP contribution in [0.25, 0.3) is 0 Å². The molecule has 0 spiro atoms. The minimum Gasteiger partial charge on any atom is -0.482 e. The molecule has 0 saturated heterocycles. The van der Waals surface area contributed by atoms with Gasteiger partial charge < -0.3 is 23.7 Å². The fraction of sp³-hybridized carbons (Fsp3) is 0.278. The Kier molecular flexibility index (Phi) is 5.33. The molecule has 2 aromatic rings. The van der Waals surface area contributed by atoms with Crippen LogP contribution in [0.2, 0.25) is 0 Å². The first-order chi connectivity index (χ1) is 12.2. The van der Waals surface area contributed by atoms with E-state index in [1.807, 2.05) is 6.07 Å². The second-order valence-corrected chi connectivity index (χ2v) is 5.22. The predicted molar refractivity (Wildman–Crippen MR) is 84.9 cm³/mol. The Hall–Kier alpha value is -2.82. The Morgan fingerprint density at radius 2 is 2.08 bits per heavy atom. The lowest BCUT2D eigenvalue weighted by molar-refractivity contribution is -0.0572. The highest BCUT2D eigenvalue weighted by atomic mass is 19.1. The molecule has 25 heavy (non-hydrogen) atoms. The van der Waals surface area contributed by atoms with E-state index in [9.17, 15) is 4.39 Å². The topological polar surface area (TPSA) is 69.9 Å². The summed E-state index contributed by atoms with van der Waals surface area (Å²) in [5.74, 6) is 0.745. The quantitative estimate of drug-likeness (QED) is 0.567. The normalized spacial score (nSPS) is 13.3. The van der Waals surface area contributed by atoms with E-state index in [1.165, 1.54) is 25.3 Å². The zero-order valence-corrected chi connectivity index (χ0v) is 13.5. The average molecular weight is 345 g/mol. The van der Waals surface area contributed by atoms with Gasteiger partial charge in [0.05, 0.1) is 6.61 Å². The number of halogens is 1. The van der Waals surface area contributed by atoms with Crippen LogP contribution in [-0.2, 0) is 9.47 Å². The molecule has 1 atom stereocenters. The molecule has 130 valence electrons. The molecular weight excluding hydrogens is 329 g/mol. The Bertz CT molecular complexity index is 790. The van der Waals surface area contributed by atoms with Gasteiger partial charge in [0.1, 0.15) is 36.1 Å². The van der Waals surface area contributed by atoms with Crippen LogP contribution in [0, 0.1) is 17.1 Å². The van der Waals surface area contributed by atoms with Crippen molar-refractivity contribution in [2.45, 2.75) is 6.10 Å². The van der Waals surface area contributed by atoms with Crippen LogP contribution >= 0.6 is 0 Å². The smallest absolute Gasteiger partial charge is 0.231 e. The molecule has 0 aromatic heterocycles. The summed E-state index contributed by atoms with van der Waals surface area (Å²) < 4.78 is 40.6. The number of fused-ring (bicyclic) bond motifs is 1. The Morgan fingerprint density at radius 1 is 1.24 bits per heavy atom. The van der Waals surface area contributed by atoms with Gasteiger partial charge in [-0.1, -0.05) is 12.1 Å². The minimum absolute atomic E-state index is 0.0820. The molecule has 7 heteroatoms. The van der Waals surface area contributed by atoms with Crippen molar-refractivity contribution in [2.75, 3.05) is 27.3 Å². The van der Waals surface area contributed by atoms with Gasteiger partial charge in [0.25, 0.3) is 0 Å². The van der Waals surface area contributed by atoms with Gasteiger partial charge >= 0.3 is 0 Å². The Balaban J connectivity index is 1.87. The summed E-state index contributed by atoms with van der Waals surface area (Å²) in [6.07, 6.45) is -0.585. The standard InChI is InChI=1S/C18H16FNO5/c1-21-10-22-9-18(12-5-6-16-17(7-12)24-11-23-16)25-15-4-2-3-14(19)13(15)8-20/h2-7,18H,9-11H2,1H3. The van der Waals surface area contributed by atoms with Crippen molar-refractivity contribution < 1.29 is 28.1 Å². The number of ether oxygens (including phenoxy) is 5. The molecular formula is C18H16FNO5. The fourth-order valence-electron chi connectivity index (χ4n) is 2.41. The predicted octanol–water partition coefficient (Wildman–Crippen LogP) is 3.17. The molecule has 1 unspecified atom stereocenters. The first kappa shape index (κ1) is 17.0. The van der Waals surface area contributed by atoms with Crippen LogP contribution in [0.4, 0.5) is 4.39 Å². The summed E-state index contributed by atoms with van der Waals surface area (Å²) in [6, 6.07) is 11.4. The number of hydrogen-bond acceptors (Lipinski definition) is 6. The Labute approximate surface area is 144 Å². The molecule has 2 aromatic carbocycles. The number of hydrogen-bond donors (Lipinski definition) is 0. The van der Waals surface area contributed by atoms with Crippen molar-refractivity contribution in [2.24, 2.45) is 0 Å². The lowest BCUT2D eigenvalue weighted by atomic mass is 10.1. The first-order valence-electron chi connectivity index (χ1n) is 7.54. The first-order valence-corrected chi connectivity index (χ1v) is 7.54. The number of nitriles is 1. The summed E-state index contributed by atoms with van der Waals surface area (Å²) in [4.78, 5) is 0. The number of nitrogens with zero attached hydrogens (tertiary/aromatic N) is 1. The van der Waals surface area contributed by atoms with E-state index in [0.717, 1.165) is 5.56 Å². The molecule has 0 amide bonds. The van der Waals surface area contributed by atoms with E-state index < -0.39 is 11.9 Å². The lowest BCUT2D eigenvalue weighted by Gasteiger charge is -2.20. The van der Waals surface area contributed by atoms with E-state index in [0.29, 0.717) is 11.5 Å². The molecule has 0 fully saturated rings. The molecule has 0 radical (unpaired) electrons. The van der Waals surface area contributed by atoms with E-state index in [-0.39, 0.29) is 31.5 Å². The van der Waals surface area contributed by atoms with E-state index in [4.69, 9.17) is 28.9 Å². The van der Waals surface area contributed by atoms with Crippen molar-refractivity contribution in [3.63, 3.8) is 0 Å². The highest BCUT2D eigenvalue weighted by molar-refractivity contribution is 5.47. The van der Waals surface area contributed by atoms with E-state index in [1.54, 1.807) is 18.2 Å². The SMILES string of the molecule is COCOCC(Oc1cccc(F)c1C#N)c1ccc2c(c1)OCO2. The number of rotatable bonds is 7. The van der Waals surface area contributed by atoms with Crippen LogP contribution in [0.1, 0.15) is 17.2 Å². The van der Waals surface area contributed by atoms with E-state index >= 15 is 0 Å². The van der Waals surface area contributed by atoms with Crippen molar-refractivity contribution >= 4 is 0 Å². The largest absolute Gasteiger partial charge is 0.482 e. The van der Waals surface area contributed by atoms with Crippen LogP contribution in [0.5, 0.6) is 17.2 Å². The maximum atomic E-state index is 13.8. The molecule has 0 saturated carbocycles. The zero-order chi connectivity index (χ0) is 17.6. The minimum atomic E-state index is -0.637. The maximum Gasteiger partial charge on any atom is 0.231 e. The van der Waals surface area contributed by atoms with Crippen LogP contribution in [0.3, 0.4) is 0 Å². The van der Waals surface area contributed by atoms with Crippen LogP contribution < -0.4 is 14.2 Å². The van der Waals surface area contributed by atoms with Crippen molar-refractivity contribution in [1.29, 1.82) is 5.26 Å². The van der Waals surface area contributed by atoms with Gasteiger partial charge in [-0.25, -0.2) is 4.39 Å². The third-order valence-corrected chi connectivity index (χ3v) is 3.60. The average Bonchev–Trinajstić information content (AvgIpc) is 3.09. The molecule has 0 N–H and O–H groups in total. The van der Waals surface area contributed by atoms with Gasteiger partial charge in [-0.05, 0) is 29.8 Å². The number of benzene rings is 2. The monoisotopic (exact) mass is 345 g/mol. The van der Waals surface area contributed by atoms with Crippen molar-refractivity contribution in [1.82, 2.24) is 0 Å². The molecule has 6 nitrogen and oxygen atoms in total. The van der Waals surface area contributed by atoms with Gasteiger partial charge in [0.2, 0.25) is 6.79 Å². The lowest BCUT2D eigenvalue weighted by Crippen LogP contribution is -2.16. The summed E-state index contributed by atoms with van der Waals surface area (Å²) >= 11 is 0.